The van der Waals surface area contributed by atoms with E-state index in [-0.39, 0.29) is 6.10 Å². The highest BCUT2D eigenvalue weighted by Gasteiger charge is 2.22. The standard InChI is InChI=1S/C35H75N2O2/c1-5-7-9-11-13-15-17-19-21-23-25-27-31-38-34-35(33-37(3,4)30-29-36)39-32-28-26-24-22-20-18-16-14-12-10-8-6-2/h35H,5-34,36H2,1-4H3/q+1/t35-/m0/s1. The summed E-state index contributed by atoms with van der Waals surface area (Å²) >= 11 is 0. The molecule has 0 aliphatic heterocycles. The summed E-state index contributed by atoms with van der Waals surface area (Å²) in [5, 5.41) is 0. The summed E-state index contributed by atoms with van der Waals surface area (Å²) in [6.45, 7) is 9.74. The summed E-state index contributed by atoms with van der Waals surface area (Å²) in [5.41, 5.74) is 5.86. The number of quaternary nitrogens is 1. The van der Waals surface area contributed by atoms with E-state index in [0.29, 0.717) is 0 Å². The fourth-order valence-corrected chi connectivity index (χ4v) is 5.60. The van der Waals surface area contributed by atoms with Crippen LogP contribution in [0.2, 0.25) is 0 Å². The lowest BCUT2D eigenvalue weighted by molar-refractivity contribution is -0.892. The van der Waals surface area contributed by atoms with Gasteiger partial charge >= 0.3 is 0 Å². The summed E-state index contributed by atoms with van der Waals surface area (Å²) in [5.74, 6) is 0. The molecule has 1 atom stereocenters. The lowest BCUT2D eigenvalue weighted by atomic mass is 10.1. The van der Waals surface area contributed by atoms with Crippen molar-refractivity contribution in [1.29, 1.82) is 0 Å². The van der Waals surface area contributed by atoms with Crippen molar-refractivity contribution in [1.82, 2.24) is 0 Å². The predicted octanol–water partition coefficient (Wildman–Crippen LogP) is 9.83. The molecule has 0 unspecified atom stereocenters. The molecular weight excluding hydrogens is 480 g/mol. The molecule has 0 saturated heterocycles. The minimum absolute atomic E-state index is 0.177. The van der Waals surface area contributed by atoms with E-state index in [1.54, 1.807) is 0 Å². The molecule has 0 fully saturated rings. The van der Waals surface area contributed by atoms with Gasteiger partial charge in [-0.3, -0.25) is 0 Å². The number of hydrogen-bond donors (Lipinski definition) is 1. The number of unbranched alkanes of at least 4 members (excludes halogenated alkanes) is 22. The molecule has 0 saturated carbocycles. The first-order valence-electron chi connectivity index (χ1n) is 17.8. The molecule has 2 N–H and O–H groups in total. The Morgan fingerprint density at radius 2 is 0.872 bits per heavy atom. The number of likely N-dealkylation sites (N-methyl/N-ethyl adjacent to an activating group) is 1. The first-order chi connectivity index (χ1) is 19.1. The van der Waals surface area contributed by atoms with Gasteiger partial charge in [0.2, 0.25) is 0 Å². The maximum absolute atomic E-state index is 6.35. The Kier molecular flexibility index (Phi) is 30.7. The van der Waals surface area contributed by atoms with Gasteiger partial charge in [-0.15, -0.1) is 0 Å². The summed E-state index contributed by atoms with van der Waals surface area (Å²) in [6.07, 6.45) is 33.3. The third kappa shape index (κ3) is 30.6. The van der Waals surface area contributed by atoms with Crippen molar-refractivity contribution in [3.8, 4) is 0 Å². The average Bonchev–Trinajstić information content (AvgIpc) is 2.91. The molecule has 0 aromatic carbocycles. The van der Waals surface area contributed by atoms with Gasteiger partial charge in [-0.2, -0.15) is 0 Å². The van der Waals surface area contributed by atoms with Crippen molar-refractivity contribution in [3.05, 3.63) is 0 Å². The van der Waals surface area contributed by atoms with Gasteiger partial charge in [0, 0.05) is 19.8 Å². The van der Waals surface area contributed by atoms with Gasteiger partial charge in [0.25, 0.3) is 0 Å². The van der Waals surface area contributed by atoms with Crippen LogP contribution < -0.4 is 5.73 Å². The number of ether oxygens (including phenoxy) is 2. The Morgan fingerprint density at radius 3 is 1.26 bits per heavy atom. The molecule has 0 aromatic rings. The number of nitrogens with two attached hydrogens (primary N) is 1. The van der Waals surface area contributed by atoms with E-state index in [0.717, 1.165) is 43.9 Å². The first-order valence-corrected chi connectivity index (χ1v) is 17.8. The smallest absolute Gasteiger partial charge is 0.130 e. The van der Waals surface area contributed by atoms with Gasteiger partial charge in [-0.1, -0.05) is 155 Å². The molecule has 39 heavy (non-hydrogen) atoms. The molecule has 0 heterocycles. The second-order valence-corrected chi connectivity index (χ2v) is 13.0. The van der Waals surface area contributed by atoms with Crippen molar-refractivity contribution in [2.75, 3.05) is 53.6 Å². The van der Waals surface area contributed by atoms with Crippen molar-refractivity contribution >= 4 is 0 Å². The van der Waals surface area contributed by atoms with Crippen LogP contribution in [0.4, 0.5) is 0 Å². The Bertz CT molecular complexity index is 458. The van der Waals surface area contributed by atoms with Gasteiger partial charge in [-0.05, 0) is 12.8 Å². The SMILES string of the molecule is CCCCCCCCCCCCCCOC[C@H](C[N+](C)(C)CCN)OCCCCCCCCCCCCCC. The third-order valence-corrected chi connectivity index (χ3v) is 8.23. The van der Waals surface area contributed by atoms with E-state index >= 15 is 0 Å². The maximum atomic E-state index is 6.35. The van der Waals surface area contributed by atoms with E-state index in [1.807, 2.05) is 0 Å². The van der Waals surface area contributed by atoms with Crippen LogP contribution in [0, 0.1) is 0 Å². The van der Waals surface area contributed by atoms with Crippen LogP contribution in [0.25, 0.3) is 0 Å². The highest BCUT2D eigenvalue weighted by molar-refractivity contribution is 4.58. The molecule has 0 aromatic heterocycles. The van der Waals surface area contributed by atoms with Gasteiger partial charge in [-0.25, -0.2) is 0 Å². The highest BCUT2D eigenvalue weighted by Crippen LogP contribution is 2.14. The largest absolute Gasteiger partial charge is 0.379 e. The van der Waals surface area contributed by atoms with E-state index in [2.05, 4.69) is 27.9 Å². The number of rotatable bonds is 33. The van der Waals surface area contributed by atoms with Gasteiger partial charge in [0.05, 0.1) is 27.2 Å². The molecule has 4 heteroatoms. The van der Waals surface area contributed by atoms with Crippen molar-refractivity contribution in [2.24, 2.45) is 5.73 Å². The monoisotopic (exact) mass is 556 g/mol. The van der Waals surface area contributed by atoms with Crippen LogP contribution in [-0.4, -0.2) is 64.1 Å². The van der Waals surface area contributed by atoms with E-state index < -0.39 is 0 Å². The van der Waals surface area contributed by atoms with E-state index in [1.165, 1.54) is 154 Å². The minimum Gasteiger partial charge on any atom is -0.379 e. The Balaban J connectivity index is 3.81. The fraction of sp³-hybridized carbons (Fsp3) is 1.00. The molecule has 0 amide bonds. The molecular formula is C35H75N2O2+. The number of hydrogen-bond acceptors (Lipinski definition) is 3. The van der Waals surface area contributed by atoms with Gasteiger partial charge < -0.3 is 19.7 Å². The summed E-state index contributed by atoms with van der Waals surface area (Å²) in [6, 6.07) is 0. The molecule has 0 bridgehead atoms. The Hall–Kier alpha value is -0.160. The topological polar surface area (TPSA) is 44.5 Å². The van der Waals surface area contributed by atoms with Gasteiger partial charge in [0.15, 0.2) is 0 Å². The third-order valence-electron chi connectivity index (χ3n) is 8.23. The molecule has 0 aliphatic rings. The molecule has 0 spiro atoms. The van der Waals surface area contributed by atoms with E-state index in [4.69, 9.17) is 15.2 Å². The Morgan fingerprint density at radius 1 is 0.513 bits per heavy atom. The zero-order valence-corrected chi connectivity index (χ0v) is 27.6. The summed E-state index contributed by atoms with van der Waals surface area (Å²) in [4.78, 5) is 0. The summed E-state index contributed by atoms with van der Waals surface area (Å²) < 4.78 is 13.4. The normalized spacial score (nSPS) is 12.8. The lowest BCUT2D eigenvalue weighted by Crippen LogP contribution is -2.50. The van der Waals surface area contributed by atoms with Crippen molar-refractivity contribution < 1.29 is 14.0 Å². The molecule has 0 aliphatic carbocycles. The minimum atomic E-state index is 0.177. The highest BCUT2D eigenvalue weighted by atomic mass is 16.5. The second-order valence-electron chi connectivity index (χ2n) is 13.0. The van der Waals surface area contributed by atoms with Crippen LogP contribution >= 0.6 is 0 Å². The van der Waals surface area contributed by atoms with Crippen LogP contribution in [0.3, 0.4) is 0 Å². The van der Waals surface area contributed by atoms with Crippen LogP contribution in [0.1, 0.15) is 168 Å². The van der Waals surface area contributed by atoms with Crippen molar-refractivity contribution in [3.63, 3.8) is 0 Å². The Labute approximate surface area is 247 Å². The molecule has 4 nitrogen and oxygen atoms in total. The summed E-state index contributed by atoms with van der Waals surface area (Å²) in [7, 11) is 4.52. The van der Waals surface area contributed by atoms with Crippen molar-refractivity contribution in [2.45, 2.75) is 174 Å². The van der Waals surface area contributed by atoms with Crippen LogP contribution in [0.5, 0.6) is 0 Å². The lowest BCUT2D eigenvalue weighted by Gasteiger charge is -2.33. The second kappa shape index (κ2) is 30.8. The zero-order chi connectivity index (χ0) is 28.7. The molecule has 0 radical (unpaired) electrons. The molecule has 236 valence electrons. The van der Waals surface area contributed by atoms with E-state index in [9.17, 15) is 0 Å². The molecule has 0 rings (SSSR count). The van der Waals surface area contributed by atoms with Gasteiger partial charge in [0.1, 0.15) is 12.6 Å². The number of nitrogens with zero attached hydrogens (tertiary/aromatic N) is 1. The fourth-order valence-electron chi connectivity index (χ4n) is 5.60. The van der Waals surface area contributed by atoms with Crippen LogP contribution in [-0.2, 0) is 9.47 Å². The predicted molar refractivity (Wildman–Crippen MR) is 174 cm³/mol. The first kappa shape index (κ1) is 38.8. The quantitative estimate of drug-likeness (QED) is 0.0647. The average molecular weight is 556 g/mol. The zero-order valence-electron chi connectivity index (χ0n) is 27.6. The van der Waals surface area contributed by atoms with Crippen LogP contribution in [0.15, 0.2) is 0 Å². The maximum Gasteiger partial charge on any atom is 0.130 e.